The van der Waals surface area contributed by atoms with Crippen molar-refractivity contribution in [3.05, 3.63) is 24.2 Å². The maximum Gasteiger partial charge on any atom is 0.191 e. The summed E-state index contributed by atoms with van der Waals surface area (Å²) in [4.78, 5) is 4.63. The second-order valence-electron chi connectivity index (χ2n) is 5.44. The molecule has 2 atom stereocenters. The van der Waals surface area contributed by atoms with Gasteiger partial charge in [-0.25, -0.2) is 0 Å². The van der Waals surface area contributed by atoms with E-state index in [-0.39, 0.29) is 24.0 Å². The molecule has 4 nitrogen and oxygen atoms in total. The van der Waals surface area contributed by atoms with Gasteiger partial charge in [0.05, 0.1) is 6.26 Å². The summed E-state index contributed by atoms with van der Waals surface area (Å²) in [5, 5.41) is 6.97. The van der Waals surface area contributed by atoms with Crippen molar-refractivity contribution in [1.82, 2.24) is 10.6 Å². The molecule has 2 unspecified atom stereocenters. The number of nitrogens with zero attached hydrogens (tertiary/aromatic N) is 1. The van der Waals surface area contributed by atoms with Crippen molar-refractivity contribution >= 4 is 29.9 Å². The van der Waals surface area contributed by atoms with Gasteiger partial charge in [0.2, 0.25) is 0 Å². The summed E-state index contributed by atoms with van der Waals surface area (Å²) in [6.45, 7) is 3.05. The van der Waals surface area contributed by atoms with Crippen LogP contribution < -0.4 is 10.6 Å². The van der Waals surface area contributed by atoms with E-state index in [4.69, 9.17) is 4.42 Å². The molecule has 0 aliphatic heterocycles. The third-order valence-electron chi connectivity index (χ3n) is 3.56. The molecule has 1 heterocycles. The molecular formula is C14H22IN3O. The summed E-state index contributed by atoms with van der Waals surface area (Å²) in [6, 6.07) is 5.19. The Morgan fingerprint density at radius 1 is 1.42 bits per heavy atom. The zero-order valence-electron chi connectivity index (χ0n) is 11.3. The fourth-order valence-corrected chi connectivity index (χ4v) is 1.99. The van der Waals surface area contributed by atoms with Crippen LogP contribution >= 0.6 is 24.0 Å². The Kier molecular flexibility index (Phi) is 5.13. The maximum absolute atomic E-state index is 5.31. The molecule has 0 amide bonds. The zero-order chi connectivity index (χ0) is 12.4. The van der Waals surface area contributed by atoms with Gasteiger partial charge in [-0.3, -0.25) is 4.99 Å². The quantitative estimate of drug-likeness (QED) is 0.473. The van der Waals surface area contributed by atoms with Gasteiger partial charge in [0.25, 0.3) is 0 Å². The van der Waals surface area contributed by atoms with Crippen LogP contribution in [0.3, 0.4) is 0 Å². The SMILES string of the molecule is CC1CC1NC(=NCCc1ccco1)NC1CC1.I. The van der Waals surface area contributed by atoms with Gasteiger partial charge in [-0.15, -0.1) is 24.0 Å². The van der Waals surface area contributed by atoms with Crippen LogP contribution in [0.1, 0.15) is 31.9 Å². The first-order valence-electron chi connectivity index (χ1n) is 6.91. The van der Waals surface area contributed by atoms with Crippen molar-refractivity contribution in [3.63, 3.8) is 0 Å². The minimum Gasteiger partial charge on any atom is -0.469 e. The highest BCUT2D eigenvalue weighted by atomic mass is 127. The molecule has 2 N–H and O–H groups in total. The van der Waals surface area contributed by atoms with Gasteiger partial charge in [0, 0.05) is 25.0 Å². The van der Waals surface area contributed by atoms with Crippen LogP contribution in [0.25, 0.3) is 0 Å². The predicted octanol–water partition coefficient (Wildman–Crippen LogP) is 2.55. The molecule has 2 fully saturated rings. The van der Waals surface area contributed by atoms with E-state index in [2.05, 4.69) is 22.5 Å². The number of nitrogens with one attached hydrogen (secondary N) is 2. The molecule has 19 heavy (non-hydrogen) atoms. The van der Waals surface area contributed by atoms with E-state index in [9.17, 15) is 0 Å². The van der Waals surface area contributed by atoms with Crippen molar-refractivity contribution in [1.29, 1.82) is 0 Å². The lowest BCUT2D eigenvalue weighted by Gasteiger charge is -2.11. The average Bonchev–Trinajstić information content (AvgIpc) is 3.22. The van der Waals surface area contributed by atoms with Gasteiger partial charge >= 0.3 is 0 Å². The third-order valence-corrected chi connectivity index (χ3v) is 3.56. The lowest BCUT2D eigenvalue weighted by Crippen LogP contribution is -2.40. The summed E-state index contributed by atoms with van der Waals surface area (Å²) in [6.07, 6.45) is 6.40. The highest BCUT2D eigenvalue weighted by molar-refractivity contribution is 14.0. The maximum atomic E-state index is 5.31. The number of hydrogen-bond acceptors (Lipinski definition) is 2. The van der Waals surface area contributed by atoms with E-state index >= 15 is 0 Å². The number of furan rings is 1. The van der Waals surface area contributed by atoms with E-state index in [1.807, 2.05) is 12.1 Å². The molecular weight excluding hydrogens is 353 g/mol. The van der Waals surface area contributed by atoms with E-state index in [0.29, 0.717) is 12.1 Å². The Morgan fingerprint density at radius 3 is 2.79 bits per heavy atom. The molecule has 106 valence electrons. The molecule has 1 aromatic rings. The lowest BCUT2D eigenvalue weighted by atomic mass is 10.3. The summed E-state index contributed by atoms with van der Waals surface area (Å²) in [7, 11) is 0. The number of aliphatic imine (C=N–C) groups is 1. The fraction of sp³-hybridized carbons (Fsp3) is 0.643. The number of rotatable bonds is 5. The third kappa shape index (κ3) is 4.71. The molecule has 2 saturated carbocycles. The molecule has 0 radical (unpaired) electrons. The van der Waals surface area contributed by atoms with Gasteiger partial charge in [-0.2, -0.15) is 0 Å². The molecule has 0 aromatic carbocycles. The van der Waals surface area contributed by atoms with Crippen LogP contribution in [0.15, 0.2) is 27.8 Å². The monoisotopic (exact) mass is 375 g/mol. The Bertz CT molecular complexity index is 414. The van der Waals surface area contributed by atoms with Crippen LogP contribution in [0.4, 0.5) is 0 Å². The fourth-order valence-electron chi connectivity index (χ4n) is 1.99. The van der Waals surface area contributed by atoms with E-state index < -0.39 is 0 Å². The van der Waals surface area contributed by atoms with E-state index in [0.717, 1.165) is 30.6 Å². The zero-order valence-corrected chi connectivity index (χ0v) is 13.6. The molecule has 5 heteroatoms. The highest BCUT2D eigenvalue weighted by Crippen LogP contribution is 2.29. The van der Waals surface area contributed by atoms with Gasteiger partial charge in [-0.05, 0) is 37.3 Å². The van der Waals surface area contributed by atoms with Gasteiger partial charge < -0.3 is 15.1 Å². The number of hydrogen-bond donors (Lipinski definition) is 2. The summed E-state index contributed by atoms with van der Waals surface area (Å²) < 4.78 is 5.31. The molecule has 0 spiro atoms. The molecule has 0 saturated heterocycles. The largest absolute Gasteiger partial charge is 0.469 e. The first-order chi connectivity index (χ1) is 8.81. The number of halogens is 1. The molecule has 1 aromatic heterocycles. The van der Waals surface area contributed by atoms with Crippen molar-refractivity contribution in [2.75, 3.05) is 6.54 Å². The Labute approximate surface area is 131 Å². The van der Waals surface area contributed by atoms with Crippen LogP contribution in [0.2, 0.25) is 0 Å². The summed E-state index contributed by atoms with van der Waals surface area (Å²) in [5.41, 5.74) is 0. The first kappa shape index (κ1) is 14.7. The first-order valence-corrected chi connectivity index (χ1v) is 6.91. The minimum absolute atomic E-state index is 0. The Morgan fingerprint density at radius 2 is 2.21 bits per heavy atom. The summed E-state index contributed by atoms with van der Waals surface area (Å²) >= 11 is 0. The van der Waals surface area contributed by atoms with Gasteiger partial charge in [0.15, 0.2) is 5.96 Å². The predicted molar refractivity (Wildman–Crippen MR) is 87.0 cm³/mol. The second-order valence-corrected chi connectivity index (χ2v) is 5.44. The molecule has 3 rings (SSSR count). The molecule has 2 aliphatic rings. The smallest absolute Gasteiger partial charge is 0.191 e. The lowest BCUT2D eigenvalue weighted by molar-refractivity contribution is 0.510. The minimum atomic E-state index is 0. The second kappa shape index (κ2) is 6.63. The van der Waals surface area contributed by atoms with Gasteiger partial charge in [-0.1, -0.05) is 6.92 Å². The van der Waals surface area contributed by atoms with Crippen LogP contribution in [-0.4, -0.2) is 24.6 Å². The standard InChI is InChI=1S/C14H21N3O.HI/c1-10-9-13(10)17-14(16-11-4-5-11)15-7-6-12-3-2-8-18-12;/h2-3,8,10-11,13H,4-7,9H2,1H3,(H2,15,16,17);1H. The highest BCUT2D eigenvalue weighted by Gasteiger charge is 2.34. The molecule has 2 aliphatic carbocycles. The van der Waals surface area contributed by atoms with Crippen molar-refractivity contribution in [2.45, 2.75) is 44.7 Å². The van der Waals surface area contributed by atoms with Crippen molar-refractivity contribution in [3.8, 4) is 0 Å². The van der Waals surface area contributed by atoms with E-state index in [1.165, 1.54) is 19.3 Å². The van der Waals surface area contributed by atoms with Crippen molar-refractivity contribution < 1.29 is 4.42 Å². The Balaban J connectivity index is 0.00000133. The topological polar surface area (TPSA) is 49.6 Å². The van der Waals surface area contributed by atoms with Crippen LogP contribution in [-0.2, 0) is 6.42 Å². The Hall–Kier alpha value is -0.720. The van der Waals surface area contributed by atoms with Crippen LogP contribution in [0.5, 0.6) is 0 Å². The summed E-state index contributed by atoms with van der Waals surface area (Å²) in [5.74, 6) is 2.78. The van der Waals surface area contributed by atoms with Crippen LogP contribution in [0, 0.1) is 5.92 Å². The van der Waals surface area contributed by atoms with Crippen molar-refractivity contribution in [2.24, 2.45) is 10.9 Å². The average molecular weight is 375 g/mol. The van der Waals surface area contributed by atoms with E-state index in [1.54, 1.807) is 6.26 Å². The number of guanidine groups is 1. The van der Waals surface area contributed by atoms with Gasteiger partial charge in [0.1, 0.15) is 5.76 Å². The molecule has 0 bridgehead atoms. The normalized spacial score (nSPS) is 25.6.